The molecule has 0 aromatic carbocycles. The van der Waals surface area contributed by atoms with Gasteiger partial charge < -0.3 is 0 Å². The predicted molar refractivity (Wildman–Crippen MR) is 112 cm³/mol. The van der Waals surface area contributed by atoms with Crippen LogP contribution in [-0.2, 0) is 10.8 Å². The van der Waals surface area contributed by atoms with Crippen molar-refractivity contribution in [3.63, 3.8) is 0 Å². The topological polar surface area (TPSA) is 38.7 Å². The highest BCUT2D eigenvalue weighted by Gasteiger charge is 2.49. The molecule has 0 aliphatic heterocycles. The molecule has 2 aliphatic carbocycles. The van der Waals surface area contributed by atoms with Crippen LogP contribution in [0.1, 0.15) is 81.5 Å². The number of halogens is 1. The highest BCUT2D eigenvalue weighted by molar-refractivity contribution is 5.38. The highest BCUT2D eigenvalue weighted by atomic mass is 19.1. The number of aryl methyl sites for hydroxylation is 3. The largest absolute Gasteiger partial charge is 0.261 e. The molecule has 0 atom stereocenters. The third-order valence-corrected chi connectivity index (χ3v) is 7.10. The molecule has 0 saturated heterocycles. The van der Waals surface area contributed by atoms with Crippen LogP contribution in [0.3, 0.4) is 0 Å². The molecule has 4 rings (SSSR count). The molecule has 3 nitrogen and oxygen atoms in total. The zero-order valence-corrected chi connectivity index (χ0v) is 18.4. The number of aromatic nitrogens is 3. The Morgan fingerprint density at radius 1 is 0.786 bits per heavy atom. The fourth-order valence-corrected chi connectivity index (χ4v) is 4.98. The van der Waals surface area contributed by atoms with Crippen molar-refractivity contribution in [1.29, 1.82) is 0 Å². The maximum atomic E-state index is 13.7. The summed E-state index contributed by atoms with van der Waals surface area (Å²) in [6, 6.07) is 0. The van der Waals surface area contributed by atoms with E-state index in [2.05, 4.69) is 56.5 Å². The van der Waals surface area contributed by atoms with Gasteiger partial charge in [-0.3, -0.25) is 4.98 Å². The van der Waals surface area contributed by atoms with Crippen molar-refractivity contribution in [2.75, 3.05) is 0 Å². The third kappa shape index (κ3) is 3.58. The van der Waals surface area contributed by atoms with Crippen LogP contribution in [0.2, 0.25) is 0 Å². The number of pyridine rings is 1. The molecule has 2 fully saturated rings. The van der Waals surface area contributed by atoms with E-state index in [0.717, 1.165) is 24.0 Å². The van der Waals surface area contributed by atoms with E-state index < -0.39 is 0 Å². The van der Waals surface area contributed by atoms with Gasteiger partial charge >= 0.3 is 0 Å². The normalized spacial score (nSPS) is 18.6. The van der Waals surface area contributed by atoms with Crippen LogP contribution in [0.15, 0.2) is 18.7 Å². The van der Waals surface area contributed by atoms with Crippen LogP contribution < -0.4 is 0 Å². The van der Waals surface area contributed by atoms with Crippen molar-refractivity contribution in [2.24, 2.45) is 11.8 Å². The van der Waals surface area contributed by atoms with Gasteiger partial charge in [0.25, 0.3) is 0 Å². The summed E-state index contributed by atoms with van der Waals surface area (Å²) in [7, 11) is 0. The number of hydrogen-bond donors (Lipinski definition) is 0. The van der Waals surface area contributed by atoms with Gasteiger partial charge in [0, 0.05) is 39.5 Å². The highest BCUT2D eigenvalue weighted by Crippen LogP contribution is 2.55. The van der Waals surface area contributed by atoms with E-state index in [1.807, 2.05) is 6.92 Å². The standard InChI is InChI=1S/C12H16FN.C12H18N2/c1-8(2)12(4-5-12)11-9(3)6-14-7-10(11)13;1-8(2)12(5-6-12)11-9(3)13-7-14-10(11)4/h6-8H,4-5H2,1-3H3;7-8H,5-6H2,1-4H3. The predicted octanol–water partition coefficient (Wildman–Crippen LogP) is 6.00. The van der Waals surface area contributed by atoms with E-state index in [-0.39, 0.29) is 11.2 Å². The SMILES string of the molecule is Cc1cncc(F)c1C1(C(C)C)CC1.Cc1ncnc(C)c1C1(C(C)C)CC1. The van der Waals surface area contributed by atoms with E-state index in [4.69, 9.17) is 0 Å². The quantitative estimate of drug-likeness (QED) is 0.650. The number of rotatable bonds is 4. The van der Waals surface area contributed by atoms with E-state index >= 15 is 0 Å². The first-order valence-corrected chi connectivity index (χ1v) is 10.5. The maximum absolute atomic E-state index is 13.7. The van der Waals surface area contributed by atoms with E-state index in [1.54, 1.807) is 12.5 Å². The van der Waals surface area contributed by atoms with Crippen molar-refractivity contribution >= 4 is 0 Å². The summed E-state index contributed by atoms with van der Waals surface area (Å²) in [6.07, 6.45) is 9.62. The Morgan fingerprint density at radius 2 is 1.25 bits per heavy atom. The Bertz CT molecular complexity index is 737. The fourth-order valence-electron chi connectivity index (χ4n) is 4.98. The minimum atomic E-state index is -0.129. The summed E-state index contributed by atoms with van der Waals surface area (Å²) in [5.74, 6) is 1.08. The minimum Gasteiger partial charge on any atom is -0.261 e. The first-order chi connectivity index (χ1) is 13.2. The molecule has 0 spiro atoms. The van der Waals surface area contributed by atoms with Crippen molar-refractivity contribution in [1.82, 2.24) is 15.0 Å². The number of hydrogen-bond acceptors (Lipinski definition) is 3. The number of nitrogens with zero attached hydrogens (tertiary/aromatic N) is 3. The van der Waals surface area contributed by atoms with Crippen LogP contribution in [0.4, 0.5) is 4.39 Å². The van der Waals surface area contributed by atoms with Gasteiger partial charge in [-0.1, -0.05) is 27.7 Å². The van der Waals surface area contributed by atoms with Gasteiger partial charge in [0.1, 0.15) is 12.1 Å². The average molecular weight is 384 g/mol. The van der Waals surface area contributed by atoms with Crippen LogP contribution >= 0.6 is 0 Å². The molecule has 2 heterocycles. The smallest absolute Gasteiger partial charge is 0.145 e. The van der Waals surface area contributed by atoms with Gasteiger partial charge in [0.2, 0.25) is 0 Å². The minimum absolute atomic E-state index is 0.108. The monoisotopic (exact) mass is 383 g/mol. The fraction of sp³-hybridized carbons (Fsp3) is 0.625. The van der Waals surface area contributed by atoms with Crippen LogP contribution in [0, 0.1) is 38.4 Å². The summed E-state index contributed by atoms with van der Waals surface area (Å²) >= 11 is 0. The van der Waals surface area contributed by atoms with Crippen molar-refractivity contribution < 1.29 is 4.39 Å². The van der Waals surface area contributed by atoms with Gasteiger partial charge in [-0.15, -0.1) is 0 Å². The maximum Gasteiger partial charge on any atom is 0.145 e. The molecule has 0 radical (unpaired) electrons. The van der Waals surface area contributed by atoms with Crippen molar-refractivity contribution in [3.05, 3.63) is 52.6 Å². The second kappa shape index (κ2) is 7.53. The summed E-state index contributed by atoms with van der Waals surface area (Å²) < 4.78 is 13.7. The zero-order chi connectivity index (χ0) is 20.7. The lowest BCUT2D eigenvalue weighted by atomic mass is 9.83. The molecule has 0 amide bonds. The molecular formula is C24H34FN3. The Balaban J connectivity index is 0.000000161. The summed E-state index contributed by atoms with van der Waals surface area (Å²) in [6.45, 7) is 15.1. The molecule has 152 valence electrons. The lowest BCUT2D eigenvalue weighted by Gasteiger charge is -2.22. The van der Waals surface area contributed by atoms with Crippen molar-refractivity contribution in [2.45, 2.75) is 85.0 Å². The first kappa shape index (κ1) is 20.9. The van der Waals surface area contributed by atoms with Crippen molar-refractivity contribution in [3.8, 4) is 0 Å². The average Bonchev–Trinajstić information content (AvgIpc) is 3.50. The van der Waals surface area contributed by atoms with Gasteiger partial charge in [-0.05, 0) is 63.9 Å². The third-order valence-electron chi connectivity index (χ3n) is 7.10. The second-order valence-corrected chi connectivity index (χ2v) is 9.35. The van der Waals surface area contributed by atoms with E-state index in [1.165, 1.54) is 36.0 Å². The Labute approximate surface area is 169 Å². The van der Waals surface area contributed by atoms with Gasteiger partial charge in [0.15, 0.2) is 0 Å². The molecule has 28 heavy (non-hydrogen) atoms. The molecule has 2 aromatic rings. The Hall–Kier alpha value is -1.84. The van der Waals surface area contributed by atoms with Gasteiger partial charge in [-0.25, -0.2) is 14.4 Å². The molecule has 4 heteroatoms. The van der Waals surface area contributed by atoms with Crippen LogP contribution in [0.25, 0.3) is 0 Å². The summed E-state index contributed by atoms with van der Waals surface area (Å²) in [5, 5.41) is 0. The van der Waals surface area contributed by atoms with Gasteiger partial charge in [0.05, 0.1) is 6.20 Å². The zero-order valence-electron chi connectivity index (χ0n) is 18.4. The van der Waals surface area contributed by atoms with Crippen LogP contribution in [-0.4, -0.2) is 15.0 Å². The Kier molecular flexibility index (Phi) is 5.62. The molecular weight excluding hydrogens is 349 g/mol. The molecule has 0 bridgehead atoms. The molecule has 2 aromatic heterocycles. The second-order valence-electron chi connectivity index (χ2n) is 9.35. The molecule has 2 aliphatic rings. The lowest BCUT2D eigenvalue weighted by molar-refractivity contribution is 0.451. The van der Waals surface area contributed by atoms with E-state index in [0.29, 0.717) is 17.3 Å². The lowest BCUT2D eigenvalue weighted by Crippen LogP contribution is -2.19. The Morgan fingerprint density at radius 3 is 1.64 bits per heavy atom. The summed E-state index contributed by atoms with van der Waals surface area (Å²) in [5.41, 5.74) is 6.16. The molecule has 0 N–H and O–H groups in total. The van der Waals surface area contributed by atoms with Gasteiger partial charge in [-0.2, -0.15) is 0 Å². The van der Waals surface area contributed by atoms with E-state index in [9.17, 15) is 4.39 Å². The van der Waals surface area contributed by atoms with Crippen LogP contribution in [0.5, 0.6) is 0 Å². The molecule has 2 saturated carbocycles. The molecule has 0 unspecified atom stereocenters. The summed E-state index contributed by atoms with van der Waals surface area (Å²) in [4.78, 5) is 12.5. The first-order valence-electron chi connectivity index (χ1n) is 10.5.